The lowest BCUT2D eigenvalue weighted by molar-refractivity contribution is -0.137. The van der Waals surface area contributed by atoms with Crippen molar-refractivity contribution in [1.29, 1.82) is 0 Å². The van der Waals surface area contributed by atoms with Gasteiger partial charge in [-0.1, -0.05) is 20.8 Å². The highest BCUT2D eigenvalue weighted by molar-refractivity contribution is 5.73. The molecule has 0 heterocycles. The summed E-state index contributed by atoms with van der Waals surface area (Å²) < 4.78 is 0. The minimum atomic E-state index is -0.839. The van der Waals surface area contributed by atoms with Crippen LogP contribution in [0.25, 0.3) is 0 Å². The van der Waals surface area contributed by atoms with Gasteiger partial charge in [0.25, 0.3) is 0 Å². The molecule has 6 nitrogen and oxygen atoms in total. The van der Waals surface area contributed by atoms with Gasteiger partial charge in [0.1, 0.15) is 0 Å². The summed E-state index contributed by atoms with van der Waals surface area (Å²) in [6, 6.07) is -0.225. The highest BCUT2D eigenvalue weighted by Gasteiger charge is 2.08. The van der Waals surface area contributed by atoms with Crippen molar-refractivity contribution in [3.8, 4) is 0 Å². The third-order valence-corrected chi connectivity index (χ3v) is 2.97. The first-order chi connectivity index (χ1) is 8.99. The first kappa shape index (κ1) is 17.7. The number of carbonyl (C=O) groups is 2. The molecular weight excluding hydrogens is 246 g/mol. The SMILES string of the molecule is CCN(CC)CCCNC(=O)NCC(C)CC(=O)O. The van der Waals surface area contributed by atoms with Gasteiger partial charge in [0.15, 0.2) is 0 Å². The predicted octanol–water partition coefficient (Wildman–Crippen LogP) is 1.13. The monoisotopic (exact) mass is 273 g/mol. The number of hydrogen-bond acceptors (Lipinski definition) is 3. The number of carboxylic acid groups (broad SMARTS) is 1. The van der Waals surface area contributed by atoms with Crippen molar-refractivity contribution >= 4 is 12.0 Å². The molecule has 19 heavy (non-hydrogen) atoms. The molecule has 1 atom stereocenters. The van der Waals surface area contributed by atoms with Crippen molar-refractivity contribution < 1.29 is 14.7 Å². The summed E-state index contributed by atoms with van der Waals surface area (Å²) in [6.45, 7) is 10.1. The van der Waals surface area contributed by atoms with Gasteiger partial charge >= 0.3 is 12.0 Å². The van der Waals surface area contributed by atoms with E-state index in [4.69, 9.17) is 5.11 Å². The van der Waals surface area contributed by atoms with Gasteiger partial charge in [-0.05, 0) is 32.0 Å². The summed E-state index contributed by atoms with van der Waals surface area (Å²) in [5.41, 5.74) is 0. The van der Waals surface area contributed by atoms with E-state index in [2.05, 4.69) is 29.4 Å². The number of amides is 2. The van der Waals surface area contributed by atoms with Gasteiger partial charge in [-0.25, -0.2) is 4.79 Å². The summed E-state index contributed by atoms with van der Waals surface area (Å²) in [4.78, 5) is 24.2. The topological polar surface area (TPSA) is 81.7 Å². The van der Waals surface area contributed by atoms with Crippen molar-refractivity contribution in [1.82, 2.24) is 15.5 Å². The van der Waals surface area contributed by atoms with Crippen LogP contribution in [0.4, 0.5) is 4.79 Å². The van der Waals surface area contributed by atoms with Crippen LogP contribution in [-0.2, 0) is 4.79 Å². The van der Waals surface area contributed by atoms with Gasteiger partial charge in [-0.15, -0.1) is 0 Å². The number of urea groups is 1. The van der Waals surface area contributed by atoms with Crippen molar-refractivity contribution in [2.45, 2.75) is 33.6 Å². The molecule has 0 aromatic heterocycles. The Hall–Kier alpha value is -1.30. The van der Waals surface area contributed by atoms with Gasteiger partial charge in [0.05, 0.1) is 0 Å². The maximum atomic E-state index is 11.4. The molecule has 0 fully saturated rings. The van der Waals surface area contributed by atoms with E-state index < -0.39 is 5.97 Å². The molecule has 0 aliphatic heterocycles. The average molecular weight is 273 g/mol. The number of carbonyl (C=O) groups excluding carboxylic acids is 1. The van der Waals surface area contributed by atoms with Crippen LogP contribution < -0.4 is 10.6 Å². The summed E-state index contributed by atoms with van der Waals surface area (Å²) in [7, 11) is 0. The zero-order valence-electron chi connectivity index (χ0n) is 12.2. The molecular formula is C13H27N3O3. The van der Waals surface area contributed by atoms with Crippen LogP contribution >= 0.6 is 0 Å². The molecule has 112 valence electrons. The highest BCUT2D eigenvalue weighted by Crippen LogP contribution is 1.98. The second kappa shape index (κ2) is 10.6. The molecule has 0 rings (SSSR count). The Morgan fingerprint density at radius 1 is 1.21 bits per heavy atom. The van der Waals surface area contributed by atoms with E-state index in [-0.39, 0.29) is 18.4 Å². The summed E-state index contributed by atoms with van der Waals surface area (Å²) in [5, 5.41) is 14.0. The molecule has 0 saturated heterocycles. The molecule has 0 aliphatic carbocycles. The second-order valence-corrected chi connectivity index (χ2v) is 4.72. The average Bonchev–Trinajstić information content (AvgIpc) is 2.36. The number of nitrogens with zero attached hydrogens (tertiary/aromatic N) is 1. The zero-order valence-corrected chi connectivity index (χ0v) is 12.2. The Bertz CT molecular complexity index is 268. The van der Waals surface area contributed by atoms with Gasteiger partial charge < -0.3 is 20.6 Å². The first-order valence-electron chi connectivity index (χ1n) is 6.95. The standard InChI is InChI=1S/C13H27N3O3/c1-4-16(5-2)8-6-7-14-13(19)15-10-11(3)9-12(17)18/h11H,4-10H2,1-3H3,(H,17,18)(H2,14,15,19). The molecule has 0 radical (unpaired) electrons. The molecule has 3 N–H and O–H groups in total. The minimum absolute atomic E-state index is 0.0566. The van der Waals surface area contributed by atoms with Crippen molar-refractivity contribution in [3.05, 3.63) is 0 Å². The largest absolute Gasteiger partial charge is 0.481 e. The fourth-order valence-electron chi connectivity index (χ4n) is 1.74. The van der Waals surface area contributed by atoms with E-state index in [9.17, 15) is 9.59 Å². The first-order valence-corrected chi connectivity index (χ1v) is 6.95. The lowest BCUT2D eigenvalue weighted by Gasteiger charge is -2.18. The summed E-state index contributed by atoms with van der Waals surface area (Å²) in [6.07, 6.45) is 0.988. The molecule has 0 spiro atoms. The second-order valence-electron chi connectivity index (χ2n) is 4.72. The quantitative estimate of drug-likeness (QED) is 0.521. The van der Waals surface area contributed by atoms with E-state index in [0.29, 0.717) is 13.1 Å². The molecule has 0 aliphatic rings. The Morgan fingerprint density at radius 2 is 1.84 bits per heavy atom. The predicted molar refractivity (Wildman–Crippen MR) is 75.2 cm³/mol. The molecule has 1 unspecified atom stereocenters. The summed E-state index contributed by atoms with van der Waals surface area (Å²) in [5.74, 6) is -0.896. The van der Waals surface area contributed by atoms with Crippen LogP contribution in [0.2, 0.25) is 0 Å². The van der Waals surface area contributed by atoms with E-state index in [1.807, 2.05) is 0 Å². The summed E-state index contributed by atoms with van der Waals surface area (Å²) >= 11 is 0. The van der Waals surface area contributed by atoms with Crippen molar-refractivity contribution in [2.75, 3.05) is 32.7 Å². The Balaban J connectivity index is 3.57. The van der Waals surface area contributed by atoms with Crippen LogP contribution in [0.1, 0.15) is 33.6 Å². The number of carboxylic acids is 1. The van der Waals surface area contributed by atoms with E-state index in [1.165, 1.54) is 0 Å². The third-order valence-electron chi connectivity index (χ3n) is 2.97. The Labute approximate surface area is 115 Å². The lowest BCUT2D eigenvalue weighted by atomic mass is 10.1. The van der Waals surface area contributed by atoms with Crippen molar-refractivity contribution in [2.24, 2.45) is 5.92 Å². The van der Waals surface area contributed by atoms with Crippen LogP contribution in [0.3, 0.4) is 0 Å². The Morgan fingerprint density at radius 3 is 2.37 bits per heavy atom. The van der Waals surface area contributed by atoms with E-state index in [0.717, 1.165) is 26.1 Å². The molecule has 0 aromatic carbocycles. The number of rotatable bonds is 10. The number of nitrogens with one attached hydrogen (secondary N) is 2. The minimum Gasteiger partial charge on any atom is -0.481 e. The fourth-order valence-corrected chi connectivity index (χ4v) is 1.74. The molecule has 0 bridgehead atoms. The van der Waals surface area contributed by atoms with Gasteiger partial charge in [-0.2, -0.15) is 0 Å². The maximum Gasteiger partial charge on any atom is 0.314 e. The molecule has 0 aromatic rings. The number of aliphatic carboxylic acids is 1. The van der Waals surface area contributed by atoms with Crippen LogP contribution in [0.5, 0.6) is 0 Å². The van der Waals surface area contributed by atoms with Crippen LogP contribution in [0.15, 0.2) is 0 Å². The molecule has 2 amide bonds. The van der Waals surface area contributed by atoms with E-state index in [1.54, 1.807) is 6.92 Å². The highest BCUT2D eigenvalue weighted by atomic mass is 16.4. The third kappa shape index (κ3) is 10.3. The molecule has 6 heteroatoms. The zero-order chi connectivity index (χ0) is 14.7. The normalized spacial score (nSPS) is 12.2. The van der Waals surface area contributed by atoms with Crippen molar-refractivity contribution in [3.63, 3.8) is 0 Å². The van der Waals surface area contributed by atoms with Gasteiger partial charge in [0.2, 0.25) is 0 Å². The van der Waals surface area contributed by atoms with Gasteiger partial charge in [0, 0.05) is 19.5 Å². The fraction of sp³-hybridized carbons (Fsp3) is 0.846. The molecule has 0 saturated carbocycles. The van der Waals surface area contributed by atoms with E-state index >= 15 is 0 Å². The van der Waals surface area contributed by atoms with Gasteiger partial charge in [-0.3, -0.25) is 4.79 Å². The number of hydrogen-bond donors (Lipinski definition) is 3. The lowest BCUT2D eigenvalue weighted by Crippen LogP contribution is -2.39. The maximum absolute atomic E-state index is 11.4. The van der Waals surface area contributed by atoms with Crippen LogP contribution in [-0.4, -0.2) is 54.7 Å². The van der Waals surface area contributed by atoms with Crippen LogP contribution in [0, 0.1) is 5.92 Å². The Kier molecular flexibility index (Phi) is 9.88. The smallest absolute Gasteiger partial charge is 0.314 e.